The summed E-state index contributed by atoms with van der Waals surface area (Å²) in [5.41, 5.74) is -1.10. The second-order valence-corrected chi connectivity index (χ2v) is 4.15. The number of nitrogens with one attached hydrogen (secondary N) is 1. The Morgan fingerprint density at radius 2 is 2.00 bits per heavy atom. The van der Waals surface area contributed by atoms with Gasteiger partial charge < -0.3 is 5.11 Å². The largest absolute Gasteiger partial charge is 0.375 e. The lowest BCUT2D eigenvalue weighted by atomic mass is 10.7. The van der Waals surface area contributed by atoms with E-state index in [0.29, 0.717) is 12.8 Å². The van der Waals surface area contributed by atoms with Crippen LogP contribution in [0.15, 0.2) is 0 Å². The van der Waals surface area contributed by atoms with Gasteiger partial charge in [-0.15, -0.1) is 0 Å². The topological polar surface area (TPSA) is 66.4 Å². The van der Waals surface area contributed by atoms with Crippen LogP contribution >= 0.6 is 0 Å². The van der Waals surface area contributed by atoms with Gasteiger partial charge in [-0.3, -0.25) is 0 Å². The first-order valence-corrected chi connectivity index (χ1v) is 4.52. The first kappa shape index (κ1) is 6.98. The number of hydrogen-bond acceptors (Lipinski definition) is 3. The van der Waals surface area contributed by atoms with Crippen molar-refractivity contribution in [2.45, 2.75) is 18.6 Å². The van der Waals surface area contributed by atoms with E-state index in [1.165, 1.54) is 0 Å². The van der Waals surface area contributed by atoms with Crippen molar-refractivity contribution in [1.82, 2.24) is 4.72 Å². The van der Waals surface area contributed by atoms with E-state index in [1.807, 2.05) is 0 Å². The Morgan fingerprint density at radius 3 is 2.11 bits per heavy atom. The van der Waals surface area contributed by atoms with Gasteiger partial charge in [0.05, 0.1) is 6.26 Å². The molecule has 0 spiro atoms. The molecule has 0 aromatic rings. The highest BCUT2D eigenvalue weighted by Gasteiger charge is 2.42. The Bertz CT molecular complexity index is 204. The fourth-order valence-electron chi connectivity index (χ4n) is 0.566. The van der Waals surface area contributed by atoms with Crippen molar-refractivity contribution in [2.24, 2.45) is 0 Å². The molecular weight excluding hydrogens is 142 g/mol. The standard InChI is InChI=1S/C4H9NO3S/c1-9(7,8)5-4(6)2-3-4/h5-6H,2-3H2,1H3. The van der Waals surface area contributed by atoms with Gasteiger partial charge in [0.1, 0.15) is 5.72 Å². The van der Waals surface area contributed by atoms with Crippen molar-refractivity contribution >= 4 is 10.0 Å². The molecule has 0 bridgehead atoms. The van der Waals surface area contributed by atoms with Gasteiger partial charge in [-0.05, 0) is 12.8 Å². The maximum atomic E-state index is 10.4. The molecule has 0 atom stereocenters. The molecule has 9 heavy (non-hydrogen) atoms. The third-order valence-corrected chi connectivity index (χ3v) is 1.85. The van der Waals surface area contributed by atoms with Crippen molar-refractivity contribution in [3.05, 3.63) is 0 Å². The molecule has 1 saturated carbocycles. The molecule has 0 saturated heterocycles. The summed E-state index contributed by atoms with van der Waals surface area (Å²) in [6, 6.07) is 0. The smallest absolute Gasteiger partial charge is 0.211 e. The van der Waals surface area contributed by atoms with Crippen LogP contribution in [0.5, 0.6) is 0 Å². The number of aliphatic hydroxyl groups is 1. The van der Waals surface area contributed by atoms with Crippen LogP contribution in [0.3, 0.4) is 0 Å². The van der Waals surface area contributed by atoms with Crippen molar-refractivity contribution in [1.29, 1.82) is 0 Å². The van der Waals surface area contributed by atoms with Crippen LogP contribution in [0.1, 0.15) is 12.8 Å². The summed E-state index contributed by atoms with van der Waals surface area (Å²) in [5, 5.41) is 8.97. The lowest BCUT2D eigenvalue weighted by Crippen LogP contribution is -2.35. The first-order chi connectivity index (χ1) is 3.91. The Hall–Kier alpha value is -0.130. The van der Waals surface area contributed by atoms with Gasteiger partial charge in [0.2, 0.25) is 10.0 Å². The van der Waals surface area contributed by atoms with E-state index in [2.05, 4.69) is 4.72 Å². The van der Waals surface area contributed by atoms with E-state index in [4.69, 9.17) is 5.11 Å². The van der Waals surface area contributed by atoms with E-state index in [-0.39, 0.29) is 0 Å². The molecule has 0 aliphatic heterocycles. The summed E-state index contributed by atoms with van der Waals surface area (Å²) in [6.45, 7) is 0. The van der Waals surface area contributed by atoms with E-state index in [1.54, 1.807) is 0 Å². The summed E-state index contributed by atoms with van der Waals surface area (Å²) in [6.07, 6.45) is 2.09. The minimum atomic E-state index is -3.22. The second kappa shape index (κ2) is 1.68. The van der Waals surface area contributed by atoms with E-state index in [9.17, 15) is 8.42 Å². The quantitative estimate of drug-likeness (QED) is 0.498. The summed E-state index contributed by atoms with van der Waals surface area (Å²) < 4.78 is 22.9. The number of sulfonamides is 1. The number of rotatable bonds is 2. The monoisotopic (exact) mass is 151 g/mol. The molecule has 0 unspecified atom stereocenters. The average molecular weight is 151 g/mol. The Labute approximate surface area is 53.9 Å². The number of hydrogen-bond donors (Lipinski definition) is 2. The third-order valence-electron chi connectivity index (χ3n) is 1.10. The van der Waals surface area contributed by atoms with Crippen LogP contribution in [0.25, 0.3) is 0 Å². The molecule has 1 fully saturated rings. The first-order valence-electron chi connectivity index (χ1n) is 2.63. The molecule has 0 amide bonds. The molecule has 4 nitrogen and oxygen atoms in total. The molecule has 0 radical (unpaired) electrons. The molecule has 5 heteroatoms. The predicted octanol–water partition coefficient (Wildman–Crippen LogP) is -0.982. The van der Waals surface area contributed by atoms with Gasteiger partial charge in [0, 0.05) is 0 Å². The minimum absolute atomic E-state index is 0.528. The molecule has 2 N–H and O–H groups in total. The molecule has 54 valence electrons. The fraction of sp³-hybridized carbons (Fsp3) is 1.00. The van der Waals surface area contributed by atoms with Crippen molar-refractivity contribution in [3.8, 4) is 0 Å². The summed E-state index contributed by atoms with van der Waals surface area (Å²) in [4.78, 5) is 0. The summed E-state index contributed by atoms with van der Waals surface area (Å²) >= 11 is 0. The molecule has 0 aromatic heterocycles. The Morgan fingerprint density at radius 1 is 1.56 bits per heavy atom. The third kappa shape index (κ3) is 2.30. The van der Waals surface area contributed by atoms with Crippen LogP contribution in [-0.2, 0) is 10.0 Å². The van der Waals surface area contributed by atoms with Crippen molar-refractivity contribution in [2.75, 3.05) is 6.26 Å². The van der Waals surface area contributed by atoms with Crippen molar-refractivity contribution in [3.63, 3.8) is 0 Å². The maximum Gasteiger partial charge on any atom is 0.211 e. The van der Waals surface area contributed by atoms with Crippen molar-refractivity contribution < 1.29 is 13.5 Å². The molecule has 0 aromatic carbocycles. The van der Waals surface area contributed by atoms with E-state index in [0.717, 1.165) is 6.26 Å². The van der Waals surface area contributed by atoms with Crippen LogP contribution in [-0.4, -0.2) is 25.5 Å². The lowest BCUT2D eigenvalue weighted by molar-refractivity contribution is 0.139. The molecule has 1 aliphatic rings. The molecular formula is C4H9NO3S. The Kier molecular flexibility index (Phi) is 1.30. The lowest BCUT2D eigenvalue weighted by Gasteiger charge is -2.05. The second-order valence-electron chi connectivity index (χ2n) is 2.41. The fourth-order valence-corrected chi connectivity index (χ4v) is 1.46. The Balaban J connectivity index is 2.53. The van der Waals surface area contributed by atoms with Gasteiger partial charge >= 0.3 is 0 Å². The van der Waals surface area contributed by atoms with Gasteiger partial charge in [-0.2, -0.15) is 4.72 Å². The highest BCUT2D eigenvalue weighted by molar-refractivity contribution is 7.88. The van der Waals surface area contributed by atoms with E-state index < -0.39 is 15.7 Å². The zero-order chi connectivity index (χ0) is 7.12. The average Bonchev–Trinajstić information content (AvgIpc) is 2.12. The minimum Gasteiger partial charge on any atom is -0.375 e. The molecule has 1 aliphatic carbocycles. The normalized spacial score (nSPS) is 23.8. The van der Waals surface area contributed by atoms with Crippen LogP contribution in [0.4, 0.5) is 0 Å². The molecule has 0 heterocycles. The van der Waals surface area contributed by atoms with Crippen LogP contribution in [0, 0.1) is 0 Å². The van der Waals surface area contributed by atoms with Gasteiger partial charge in [-0.1, -0.05) is 0 Å². The highest BCUT2D eigenvalue weighted by Crippen LogP contribution is 2.31. The highest BCUT2D eigenvalue weighted by atomic mass is 32.2. The summed E-state index contributed by atoms with van der Waals surface area (Å²) in [7, 11) is -3.22. The summed E-state index contributed by atoms with van der Waals surface area (Å²) in [5.74, 6) is 0. The molecule has 1 rings (SSSR count). The van der Waals surface area contributed by atoms with Gasteiger partial charge in [0.15, 0.2) is 0 Å². The zero-order valence-electron chi connectivity index (χ0n) is 5.09. The SMILES string of the molecule is CS(=O)(=O)NC1(O)CC1. The van der Waals surface area contributed by atoms with Crippen LogP contribution in [0.2, 0.25) is 0 Å². The maximum absolute atomic E-state index is 10.4. The van der Waals surface area contributed by atoms with Gasteiger partial charge in [-0.25, -0.2) is 8.42 Å². The zero-order valence-corrected chi connectivity index (χ0v) is 5.90. The predicted molar refractivity (Wildman–Crippen MR) is 32.2 cm³/mol. The van der Waals surface area contributed by atoms with E-state index >= 15 is 0 Å². The van der Waals surface area contributed by atoms with Crippen LogP contribution < -0.4 is 4.72 Å². The van der Waals surface area contributed by atoms with Gasteiger partial charge in [0.25, 0.3) is 0 Å².